The molecule has 0 fully saturated rings. The monoisotopic (exact) mass is 816 g/mol. The molecule has 290 valence electrons. The van der Waals surface area contributed by atoms with Gasteiger partial charge >= 0.3 is 0 Å². The molecule has 7 aromatic rings. The lowest BCUT2D eigenvalue weighted by Gasteiger charge is -2.09. The van der Waals surface area contributed by atoms with Gasteiger partial charge in [0.1, 0.15) is 5.75 Å². The molecule has 2 heterocycles. The molecule has 0 saturated carbocycles. The van der Waals surface area contributed by atoms with E-state index in [1.165, 1.54) is 41.9 Å². The van der Waals surface area contributed by atoms with E-state index < -0.39 is 10.0 Å². The highest BCUT2D eigenvalue weighted by atomic mass is 32.2. The quantitative estimate of drug-likeness (QED) is 0.0780. The second-order valence-electron chi connectivity index (χ2n) is 12.7. The summed E-state index contributed by atoms with van der Waals surface area (Å²) >= 11 is 2.64. The Hall–Kier alpha value is -6.03. The van der Waals surface area contributed by atoms with E-state index in [0.717, 1.165) is 39.2 Å². The summed E-state index contributed by atoms with van der Waals surface area (Å²) in [7, 11) is -2.11. The maximum Gasteiger partial charge on any atom is 0.240 e. The molecule has 5 N–H and O–H groups in total. The number of aromatic nitrogens is 2. The molecular formula is C43H40N6O5S3. The predicted molar refractivity (Wildman–Crippen MR) is 228 cm³/mol. The minimum atomic E-state index is -3.64. The molecule has 0 atom stereocenters. The minimum absolute atomic E-state index is 0.00660. The van der Waals surface area contributed by atoms with Gasteiger partial charge in [-0.3, -0.25) is 9.59 Å². The third kappa shape index (κ3) is 10.6. The number of nitrogens with zero attached hydrogens (tertiary/aromatic N) is 2. The van der Waals surface area contributed by atoms with Crippen LogP contribution in [0.15, 0.2) is 139 Å². The lowest BCUT2D eigenvalue weighted by molar-refractivity contribution is 0.103. The molecule has 0 aliphatic carbocycles. The molecule has 0 unspecified atom stereocenters. The summed E-state index contributed by atoms with van der Waals surface area (Å²) in [5.74, 6) is 0.546. The Morgan fingerprint density at radius 3 is 1.54 bits per heavy atom. The number of benzene rings is 5. The van der Waals surface area contributed by atoms with Crippen molar-refractivity contribution in [3.8, 4) is 5.75 Å². The van der Waals surface area contributed by atoms with Gasteiger partial charge in [0.05, 0.1) is 34.2 Å². The summed E-state index contributed by atoms with van der Waals surface area (Å²) in [5.41, 5.74) is 12.4. The van der Waals surface area contributed by atoms with Crippen molar-refractivity contribution in [1.29, 1.82) is 0 Å². The standard InChI is InChI=1S/C25H23N3O4S2.C18H17N3OS/c1-17-5-3-4-6-22(17)24(29)23-16-26-25(33-23)28-19-9-7-18(8-10-19)15-27-34(30,31)21-13-11-20(32-2)12-14-21;1-12-4-2-3-5-15(12)17(22)16-11-20-18(23-16)21-14-8-6-13(10-19)7-9-14/h3-14,16,27H,15H2,1-2H3,(H,26,28);2-9,11H,10,19H2,1H3,(H,20,21). The first kappa shape index (κ1) is 40.6. The van der Waals surface area contributed by atoms with E-state index in [9.17, 15) is 18.0 Å². The van der Waals surface area contributed by atoms with Crippen LogP contribution in [0, 0.1) is 13.8 Å². The van der Waals surface area contributed by atoms with Crippen molar-refractivity contribution in [2.24, 2.45) is 5.73 Å². The van der Waals surface area contributed by atoms with Gasteiger partial charge < -0.3 is 21.1 Å². The number of thiazole rings is 2. The van der Waals surface area contributed by atoms with Crippen LogP contribution in [0.5, 0.6) is 5.75 Å². The number of sulfonamides is 1. The molecule has 0 radical (unpaired) electrons. The Kier molecular flexibility index (Phi) is 13.4. The average Bonchev–Trinajstić information content (AvgIpc) is 3.91. The second kappa shape index (κ2) is 18.7. The maximum absolute atomic E-state index is 12.7. The zero-order valence-corrected chi connectivity index (χ0v) is 33.8. The van der Waals surface area contributed by atoms with E-state index in [1.54, 1.807) is 24.5 Å². The van der Waals surface area contributed by atoms with Crippen molar-refractivity contribution in [3.05, 3.63) is 177 Å². The number of carbonyl (C=O) groups excluding carboxylic acids is 2. The van der Waals surface area contributed by atoms with Gasteiger partial charge in [-0.1, -0.05) is 95.5 Å². The number of rotatable bonds is 14. The van der Waals surface area contributed by atoms with E-state index >= 15 is 0 Å². The minimum Gasteiger partial charge on any atom is -0.497 e. The van der Waals surface area contributed by atoms with Crippen LogP contribution in [0.2, 0.25) is 0 Å². The van der Waals surface area contributed by atoms with Gasteiger partial charge in [0.15, 0.2) is 10.3 Å². The number of carbonyl (C=O) groups is 2. The molecule has 0 aliphatic rings. The zero-order chi connectivity index (χ0) is 40.4. The van der Waals surface area contributed by atoms with Gasteiger partial charge in [-0.15, -0.1) is 0 Å². The number of anilines is 4. The van der Waals surface area contributed by atoms with E-state index in [4.69, 9.17) is 10.5 Å². The third-order valence-corrected chi connectivity index (χ3v) is 12.0. The number of aryl methyl sites for hydroxylation is 2. The highest BCUT2D eigenvalue weighted by Gasteiger charge is 2.17. The third-order valence-electron chi connectivity index (χ3n) is 8.72. The first-order valence-corrected chi connectivity index (χ1v) is 20.8. The number of hydrogen-bond acceptors (Lipinski definition) is 12. The summed E-state index contributed by atoms with van der Waals surface area (Å²) in [6, 6.07) is 36.4. The maximum atomic E-state index is 12.7. The van der Waals surface area contributed by atoms with Gasteiger partial charge in [-0.25, -0.2) is 23.1 Å². The molecule has 2 aromatic heterocycles. The van der Waals surface area contributed by atoms with Gasteiger partial charge in [0.25, 0.3) is 0 Å². The molecule has 0 saturated heterocycles. The van der Waals surface area contributed by atoms with Gasteiger partial charge in [0.2, 0.25) is 21.6 Å². The largest absolute Gasteiger partial charge is 0.497 e. The van der Waals surface area contributed by atoms with E-state index in [2.05, 4.69) is 25.3 Å². The molecule has 5 aromatic carbocycles. The van der Waals surface area contributed by atoms with Gasteiger partial charge in [-0.2, -0.15) is 0 Å². The van der Waals surface area contributed by atoms with Crippen LogP contribution in [-0.4, -0.2) is 37.1 Å². The summed E-state index contributed by atoms with van der Waals surface area (Å²) in [5, 5.41) is 7.70. The lowest BCUT2D eigenvalue weighted by Crippen LogP contribution is -2.23. The molecule has 14 heteroatoms. The Balaban J connectivity index is 0.000000208. The fourth-order valence-electron chi connectivity index (χ4n) is 5.49. The Labute approximate surface area is 339 Å². The van der Waals surface area contributed by atoms with Crippen LogP contribution in [0.25, 0.3) is 0 Å². The average molecular weight is 817 g/mol. The Morgan fingerprint density at radius 2 is 1.11 bits per heavy atom. The van der Waals surface area contributed by atoms with E-state index in [-0.39, 0.29) is 23.0 Å². The van der Waals surface area contributed by atoms with Crippen molar-refractivity contribution >= 4 is 65.9 Å². The van der Waals surface area contributed by atoms with Crippen molar-refractivity contribution in [2.45, 2.75) is 31.8 Å². The molecular weight excluding hydrogens is 777 g/mol. The van der Waals surface area contributed by atoms with E-state index in [1.807, 2.05) is 111 Å². The first-order chi connectivity index (χ1) is 27.5. The molecule has 7 rings (SSSR count). The van der Waals surface area contributed by atoms with Crippen molar-refractivity contribution < 1.29 is 22.7 Å². The number of hydrogen-bond donors (Lipinski definition) is 4. The van der Waals surface area contributed by atoms with Crippen LogP contribution >= 0.6 is 22.7 Å². The predicted octanol–water partition coefficient (Wildman–Crippen LogP) is 8.80. The lowest BCUT2D eigenvalue weighted by atomic mass is 10.0. The molecule has 0 amide bonds. The summed E-state index contributed by atoms with van der Waals surface area (Å²) in [6.45, 7) is 4.52. The number of nitrogens with one attached hydrogen (secondary N) is 3. The van der Waals surface area contributed by atoms with Crippen LogP contribution < -0.4 is 25.8 Å². The molecule has 0 spiro atoms. The number of nitrogens with two attached hydrogens (primary N) is 1. The highest BCUT2D eigenvalue weighted by Crippen LogP contribution is 2.27. The summed E-state index contributed by atoms with van der Waals surface area (Å²) in [6.07, 6.45) is 3.19. The van der Waals surface area contributed by atoms with Gasteiger partial charge in [0, 0.05) is 35.6 Å². The fourth-order valence-corrected chi connectivity index (χ4v) is 8.09. The number of methoxy groups -OCH3 is 1. The van der Waals surface area contributed by atoms with Gasteiger partial charge in [-0.05, 0) is 84.6 Å². The normalized spacial score (nSPS) is 10.9. The Bertz CT molecular complexity index is 2570. The first-order valence-electron chi connectivity index (χ1n) is 17.7. The molecule has 57 heavy (non-hydrogen) atoms. The number of ketones is 2. The highest BCUT2D eigenvalue weighted by molar-refractivity contribution is 7.89. The molecule has 0 aliphatic heterocycles. The Morgan fingerprint density at radius 1 is 0.649 bits per heavy atom. The van der Waals surface area contributed by atoms with Crippen molar-refractivity contribution in [1.82, 2.24) is 14.7 Å². The van der Waals surface area contributed by atoms with Crippen LogP contribution in [0.1, 0.15) is 52.7 Å². The van der Waals surface area contributed by atoms with E-state index in [0.29, 0.717) is 37.9 Å². The summed E-state index contributed by atoms with van der Waals surface area (Å²) < 4.78 is 32.6. The SMILES string of the molecule is COc1ccc(S(=O)(=O)NCc2ccc(Nc3ncc(C(=O)c4ccccc4C)s3)cc2)cc1.Cc1ccccc1C(=O)c1cnc(Nc2ccc(CN)cc2)s1. The van der Waals surface area contributed by atoms with Crippen LogP contribution in [0.3, 0.4) is 0 Å². The second-order valence-corrected chi connectivity index (χ2v) is 16.5. The topological polar surface area (TPSA) is 165 Å². The summed E-state index contributed by atoms with van der Waals surface area (Å²) in [4.78, 5) is 35.2. The van der Waals surface area contributed by atoms with Crippen molar-refractivity contribution in [2.75, 3.05) is 17.7 Å². The smallest absolute Gasteiger partial charge is 0.240 e. The number of ether oxygens (including phenoxy) is 1. The zero-order valence-electron chi connectivity index (χ0n) is 31.4. The van der Waals surface area contributed by atoms with Crippen LogP contribution in [0.4, 0.5) is 21.6 Å². The molecule has 11 nitrogen and oxygen atoms in total. The fraction of sp³-hybridized carbons (Fsp3) is 0.116. The van der Waals surface area contributed by atoms with Crippen molar-refractivity contribution in [3.63, 3.8) is 0 Å². The van der Waals surface area contributed by atoms with Crippen LogP contribution in [-0.2, 0) is 23.1 Å². The molecule has 0 bridgehead atoms.